The summed E-state index contributed by atoms with van der Waals surface area (Å²) in [7, 11) is 1.68. The highest BCUT2D eigenvalue weighted by molar-refractivity contribution is 7.12. The lowest BCUT2D eigenvalue weighted by molar-refractivity contribution is 0.0953. The van der Waals surface area contributed by atoms with Gasteiger partial charge < -0.3 is 14.6 Å². The van der Waals surface area contributed by atoms with Crippen LogP contribution in [-0.2, 0) is 17.8 Å². The van der Waals surface area contributed by atoms with E-state index in [1.54, 1.807) is 7.11 Å². The molecule has 0 spiro atoms. The molecule has 0 saturated carbocycles. The number of methoxy groups -OCH3 is 1. The van der Waals surface area contributed by atoms with Crippen molar-refractivity contribution in [3.63, 3.8) is 0 Å². The number of amides is 1. The van der Waals surface area contributed by atoms with Gasteiger partial charge in [0.05, 0.1) is 29.1 Å². The molecule has 0 aliphatic heterocycles. The second-order valence-electron chi connectivity index (χ2n) is 4.82. The minimum absolute atomic E-state index is 0.0691. The van der Waals surface area contributed by atoms with Crippen LogP contribution in [0.25, 0.3) is 11.0 Å². The van der Waals surface area contributed by atoms with Crippen LogP contribution in [0, 0.1) is 0 Å². The number of imidazole rings is 1. The summed E-state index contributed by atoms with van der Waals surface area (Å²) in [6, 6.07) is 11.6. The van der Waals surface area contributed by atoms with Crippen LogP contribution in [0.15, 0.2) is 41.8 Å². The molecule has 1 amide bonds. The Kier molecular flexibility index (Phi) is 4.50. The van der Waals surface area contributed by atoms with E-state index in [2.05, 4.69) is 14.9 Å². The van der Waals surface area contributed by atoms with Gasteiger partial charge in [-0.3, -0.25) is 4.79 Å². The zero-order chi connectivity index (χ0) is 15.4. The summed E-state index contributed by atoms with van der Waals surface area (Å²) in [6.45, 7) is 1.71. The monoisotopic (exact) mass is 315 g/mol. The number of carbonyl (C=O) groups is 1. The number of hydrogen-bond acceptors (Lipinski definition) is 4. The van der Waals surface area contributed by atoms with Gasteiger partial charge in [0.2, 0.25) is 0 Å². The van der Waals surface area contributed by atoms with Gasteiger partial charge in [-0.05, 0) is 23.6 Å². The van der Waals surface area contributed by atoms with Crippen molar-refractivity contribution in [3.8, 4) is 0 Å². The number of thiophene rings is 1. The van der Waals surface area contributed by atoms with Gasteiger partial charge in [-0.2, -0.15) is 0 Å². The van der Waals surface area contributed by atoms with Crippen LogP contribution in [0.4, 0.5) is 0 Å². The number of nitrogens with zero attached hydrogens (tertiary/aromatic N) is 2. The van der Waals surface area contributed by atoms with Crippen LogP contribution in [0.5, 0.6) is 0 Å². The summed E-state index contributed by atoms with van der Waals surface area (Å²) < 4.78 is 7.26. The van der Waals surface area contributed by atoms with Gasteiger partial charge in [0.25, 0.3) is 5.91 Å². The summed E-state index contributed by atoms with van der Waals surface area (Å²) in [5.74, 6) is 0.767. The predicted molar refractivity (Wildman–Crippen MR) is 87.1 cm³/mol. The number of rotatable bonds is 6. The first-order valence-electron chi connectivity index (χ1n) is 7.04. The Balaban J connectivity index is 1.81. The molecule has 5 nitrogen and oxygen atoms in total. The number of benzene rings is 1. The molecule has 2 aromatic heterocycles. The zero-order valence-electron chi connectivity index (χ0n) is 12.3. The highest BCUT2D eigenvalue weighted by Gasteiger charge is 2.12. The topological polar surface area (TPSA) is 56.1 Å². The first-order chi connectivity index (χ1) is 10.8. The maximum atomic E-state index is 12.1. The summed E-state index contributed by atoms with van der Waals surface area (Å²) >= 11 is 1.43. The quantitative estimate of drug-likeness (QED) is 0.761. The van der Waals surface area contributed by atoms with E-state index in [0.717, 1.165) is 16.9 Å². The van der Waals surface area contributed by atoms with E-state index in [1.807, 2.05) is 41.8 Å². The van der Waals surface area contributed by atoms with Crippen LogP contribution in [0.1, 0.15) is 15.5 Å². The number of aromatic nitrogens is 2. The first kappa shape index (κ1) is 14.7. The second kappa shape index (κ2) is 6.72. The number of carbonyl (C=O) groups excluding carboxylic acids is 1. The number of para-hydroxylation sites is 2. The number of hydrogen-bond donors (Lipinski definition) is 1. The van der Waals surface area contributed by atoms with Crippen molar-refractivity contribution in [3.05, 3.63) is 52.5 Å². The lowest BCUT2D eigenvalue weighted by Crippen LogP contribution is -2.24. The predicted octanol–water partition coefficient (Wildman–Crippen LogP) is 2.67. The molecule has 114 valence electrons. The van der Waals surface area contributed by atoms with Gasteiger partial charge in [-0.15, -0.1) is 11.3 Å². The summed E-state index contributed by atoms with van der Waals surface area (Å²) in [6.07, 6.45) is 0. The smallest absolute Gasteiger partial charge is 0.261 e. The fourth-order valence-corrected chi connectivity index (χ4v) is 2.99. The Bertz CT molecular complexity index is 765. The summed E-state index contributed by atoms with van der Waals surface area (Å²) in [4.78, 5) is 17.4. The second-order valence-corrected chi connectivity index (χ2v) is 5.77. The van der Waals surface area contributed by atoms with Crippen molar-refractivity contribution >= 4 is 28.3 Å². The third-order valence-corrected chi connectivity index (χ3v) is 4.27. The van der Waals surface area contributed by atoms with Crippen LogP contribution >= 0.6 is 11.3 Å². The molecule has 1 N–H and O–H groups in total. The molecule has 0 bridgehead atoms. The third kappa shape index (κ3) is 3.03. The van der Waals surface area contributed by atoms with Gasteiger partial charge in [-0.25, -0.2) is 4.98 Å². The molecule has 0 unspecified atom stereocenters. The Morgan fingerprint density at radius 2 is 2.18 bits per heavy atom. The molecule has 22 heavy (non-hydrogen) atoms. The SMILES string of the molecule is COCCn1c(CNC(=O)c2cccs2)nc2ccccc21. The fourth-order valence-electron chi connectivity index (χ4n) is 2.35. The van der Waals surface area contributed by atoms with E-state index in [4.69, 9.17) is 4.74 Å². The average Bonchev–Trinajstić information content (AvgIpc) is 3.18. The van der Waals surface area contributed by atoms with Crippen LogP contribution in [-0.4, -0.2) is 29.2 Å². The minimum Gasteiger partial charge on any atom is -0.383 e. The van der Waals surface area contributed by atoms with Crippen molar-refractivity contribution in [2.45, 2.75) is 13.1 Å². The van der Waals surface area contributed by atoms with E-state index < -0.39 is 0 Å². The highest BCUT2D eigenvalue weighted by atomic mass is 32.1. The Morgan fingerprint density at radius 3 is 2.95 bits per heavy atom. The van der Waals surface area contributed by atoms with Crippen LogP contribution in [0.2, 0.25) is 0 Å². The lowest BCUT2D eigenvalue weighted by Gasteiger charge is -2.09. The van der Waals surface area contributed by atoms with Crippen LogP contribution in [0.3, 0.4) is 0 Å². The van der Waals surface area contributed by atoms with Crippen molar-refractivity contribution < 1.29 is 9.53 Å². The van der Waals surface area contributed by atoms with Gasteiger partial charge in [0, 0.05) is 13.7 Å². The first-order valence-corrected chi connectivity index (χ1v) is 7.92. The summed E-state index contributed by atoms with van der Waals surface area (Å²) in [5, 5.41) is 4.82. The molecular formula is C16H17N3O2S. The number of fused-ring (bicyclic) bond motifs is 1. The van der Waals surface area contributed by atoms with Crippen molar-refractivity contribution in [2.75, 3.05) is 13.7 Å². The van der Waals surface area contributed by atoms with Gasteiger partial charge in [0.15, 0.2) is 0 Å². The largest absolute Gasteiger partial charge is 0.383 e. The molecule has 1 aromatic carbocycles. The van der Waals surface area contributed by atoms with E-state index in [0.29, 0.717) is 24.6 Å². The Labute approximate surface area is 132 Å². The molecule has 3 aromatic rings. The van der Waals surface area contributed by atoms with E-state index >= 15 is 0 Å². The van der Waals surface area contributed by atoms with Crippen molar-refractivity contribution in [1.29, 1.82) is 0 Å². The molecule has 0 atom stereocenters. The average molecular weight is 315 g/mol. The molecule has 3 rings (SSSR count). The Hall–Kier alpha value is -2.18. The van der Waals surface area contributed by atoms with E-state index in [-0.39, 0.29) is 5.91 Å². The molecule has 0 aliphatic rings. The normalized spacial score (nSPS) is 11.0. The van der Waals surface area contributed by atoms with Crippen LogP contribution < -0.4 is 5.32 Å². The fraction of sp³-hybridized carbons (Fsp3) is 0.250. The van der Waals surface area contributed by atoms with E-state index in [1.165, 1.54) is 11.3 Å². The number of ether oxygens (including phenoxy) is 1. The van der Waals surface area contributed by atoms with Crippen molar-refractivity contribution in [1.82, 2.24) is 14.9 Å². The maximum absolute atomic E-state index is 12.1. The van der Waals surface area contributed by atoms with E-state index in [9.17, 15) is 4.79 Å². The minimum atomic E-state index is -0.0691. The Morgan fingerprint density at radius 1 is 1.32 bits per heavy atom. The van der Waals surface area contributed by atoms with Crippen molar-refractivity contribution in [2.24, 2.45) is 0 Å². The molecule has 6 heteroatoms. The zero-order valence-corrected chi connectivity index (χ0v) is 13.1. The molecule has 0 aliphatic carbocycles. The molecule has 0 radical (unpaired) electrons. The number of nitrogens with one attached hydrogen (secondary N) is 1. The standard InChI is InChI=1S/C16H17N3O2S/c1-21-9-8-19-13-6-3-2-5-12(13)18-15(19)11-17-16(20)14-7-4-10-22-14/h2-7,10H,8-9,11H2,1H3,(H,17,20). The molecule has 2 heterocycles. The van der Waals surface area contributed by atoms with Gasteiger partial charge >= 0.3 is 0 Å². The molecule has 0 fully saturated rings. The third-order valence-electron chi connectivity index (χ3n) is 3.40. The molecule has 0 saturated heterocycles. The van der Waals surface area contributed by atoms with Gasteiger partial charge in [0.1, 0.15) is 5.82 Å². The lowest BCUT2D eigenvalue weighted by atomic mass is 10.3. The van der Waals surface area contributed by atoms with Gasteiger partial charge in [-0.1, -0.05) is 18.2 Å². The maximum Gasteiger partial charge on any atom is 0.261 e. The highest BCUT2D eigenvalue weighted by Crippen LogP contribution is 2.16. The molecular weight excluding hydrogens is 298 g/mol. The summed E-state index contributed by atoms with van der Waals surface area (Å²) in [5.41, 5.74) is 1.99.